The number of ether oxygens (including phenoxy) is 1. The predicted octanol–water partition coefficient (Wildman–Crippen LogP) is 13.6. The highest BCUT2D eigenvalue weighted by molar-refractivity contribution is 5.78. The van der Waals surface area contributed by atoms with Crippen LogP contribution >= 0.6 is 0 Å². The summed E-state index contributed by atoms with van der Waals surface area (Å²) in [6, 6.07) is -0.746. The fourth-order valence-electron chi connectivity index (χ4n) is 6.42. The van der Waals surface area contributed by atoms with Crippen LogP contribution in [-0.4, -0.2) is 46.9 Å². The summed E-state index contributed by atoms with van der Waals surface area (Å²) < 4.78 is 5.79. The van der Waals surface area contributed by atoms with Crippen LogP contribution in [0.4, 0.5) is 0 Å². The van der Waals surface area contributed by atoms with Crippen molar-refractivity contribution in [3.05, 3.63) is 85.1 Å². The Morgan fingerprint density at radius 2 is 0.982 bits per heavy atom. The normalized spacial score (nSPS) is 14.1. The average Bonchev–Trinajstić information content (AvgIpc) is 3.20. The van der Waals surface area contributed by atoms with Gasteiger partial charge >= 0.3 is 5.97 Å². The van der Waals surface area contributed by atoms with Crippen LogP contribution in [-0.2, 0) is 14.3 Å². The molecule has 0 fully saturated rings. The summed E-state index contributed by atoms with van der Waals surface area (Å²) in [5, 5.41) is 23.5. The lowest BCUT2D eigenvalue weighted by Gasteiger charge is -2.23. The first kappa shape index (κ1) is 54.0. The molecule has 3 N–H and O–H groups in total. The molecule has 6 nitrogen and oxygen atoms in total. The highest BCUT2D eigenvalue weighted by Crippen LogP contribution is 2.14. The lowest BCUT2D eigenvalue weighted by molar-refractivity contribution is -0.148. The third-order valence-electron chi connectivity index (χ3n) is 9.95. The van der Waals surface area contributed by atoms with Gasteiger partial charge in [0, 0.05) is 6.42 Å². The standard InChI is InChI=1S/C51H87NO5/c1-4-7-10-13-16-19-21-23-24-25-26-27-28-31-33-36-39-42-47(57-51(56)44-41-38-35-32-29-22-20-17-14-11-8-5-2)45-50(55)52-48(46-53)49(54)43-40-37-34-30-18-15-12-9-6-3/h7,10,16-17,19-20,23-24,26-27,31,33,39,42,47-49,53-54H,4-6,8-9,11-15,18,21-22,25,28-30,32,34-38,40-41,43-46H2,1-3H3,(H,52,55)/b10-7-,19-16-,20-17-,24-23-,27-26-,33-31-,42-39-. The number of esters is 1. The molecule has 0 bridgehead atoms. The van der Waals surface area contributed by atoms with Gasteiger partial charge in [-0.1, -0.05) is 190 Å². The first-order valence-electron chi connectivity index (χ1n) is 23.3. The molecular weight excluding hydrogens is 707 g/mol. The van der Waals surface area contributed by atoms with E-state index in [4.69, 9.17) is 4.74 Å². The van der Waals surface area contributed by atoms with E-state index in [1.54, 1.807) is 6.08 Å². The van der Waals surface area contributed by atoms with Crippen LogP contribution in [0, 0.1) is 0 Å². The average molecular weight is 794 g/mol. The van der Waals surface area contributed by atoms with E-state index in [1.165, 1.54) is 70.6 Å². The number of aliphatic hydroxyl groups is 2. The van der Waals surface area contributed by atoms with E-state index in [1.807, 2.05) is 6.08 Å². The first-order valence-corrected chi connectivity index (χ1v) is 23.3. The number of hydrogen-bond donors (Lipinski definition) is 3. The molecule has 0 aromatic carbocycles. The van der Waals surface area contributed by atoms with E-state index in [0.29, 0.717) is 19.3 Å². The number of nitrogens with one attached hydrogen (secondary N) is 1. The van der Waals surface area contributed by atoms with Gasteiger partial charge in [0.15, 0.2) is 0 Å². The Morgan fingerprint density at radius 3 is 1.51 bits per heavy atom. The molecule has 0 rings (SSSR count). The molecule has 326 valence electrons. The SMILES string of the molecule is CC/C=C\C/C=C\C/C=C\C/C=C\C/C=C\C/C=C\C(CC(=O)NC(CO)C(O)CCCCCCCCCCC)OC(=O)CCCCCCC/C=C\CCCCC. The molecule has 0 saturated heterocycles. The molecule has 0 heterocycles. The molecule has 0 aliphatic heterocycles. The number of rotatable bonds is 40. The predicted molar refractivity (Wildman–Crippen MR) is 245 cm³/mol. The maximum Gasteiger partial charge on any atom is 0.306 e. The maximum absolute atomic E-state index is 13.1. The van der Waals surface area contributed by atoms with Crippen molar-refractivity contribution in [3.8, 4) is 0 Å². The number of unbranched alkanes of at least 4 members (excludes halogenated alkanes) is 16. The molecule has 0 spiro atoms. The summed E-state index contributed by atoms with van der Waals surface area (Å²) in [5.41, 5.74) is 0. The van der Waals surface area contributed by atoms with Crippen molar-refractivity contribution < 1.29 is 24.5 Å². The summed E-state index contributed by atoms with van der Waals surface area (Å²) in [6.45, 7) is 6.26. The minimum Gasteiger partial charge on any atom is -0.458 e. The molecule has 0 aliphatic carbocycles. The lowest BCUT2D eigenvalue weighted by atomic mass is 10.0. The zero-order chi connectivity index (χ0) is 41.7. The highest BCUT2D eigenvalue weighted by atomic mass is 16.5. The van der Waals surface area contributed by atoms with Gasteiger partial charge in [-0.2, -0.15) is 0 Å². The molecule has 0 radical (unpaired) electrons. The van der Waals surface area contributed by atoms with Crippen LogP contribution in [0.5, 0.6) is 0 Å². The molecule has 1 amide bonds. The second-order valence-electron chi connectivity index (χ2n) is 15.4. The Hall–Kier alpha value is -2.96. The first-order chi connectivity index (χ1) is 28.0. The Balaban J connectivity index is 4.84. The number of carbonyl (C=O) groups is 2. The van der Waals surface area contributed by atoms with E-state index < -0.39 is 18.2 Å². The van der Waals surface area contributed by atoms with Crippen LogP contribution in [0.15, 0.2) is 85.1 Å². The monoisotopic (exact) mass is 794 g/mol. The summed E-state index contributed by atoms with van der Waals surface area (Å²) in [4.78, 5) is 25.9. The second kappa shape index (κ2) is 44.1. The van der Waals surface area contributed by atoms with Gasteiger partial charge < -0.3 is 20.3 Å². The molecule has 3 atom stereocenters. The van der Waals surface area contributed by atoms with Crippen molar-refractivity contribution in [2.24, 2.45) is 0 Å². The van der Waals surface area contributed by atoms with Crippen LogP contribution < -0.4 is 5.32 Å². The molecule has 57 heavy (non-hydrogen) atoms. The van der Waals surface area contributed by atoms with Gasteiger partial charge in [0.1, 0.15) is 6.10 Å². The number of carbonyl (C=O) groups excluding carboxylic acids is 2. The molecule has 0 aromatic rings. The Labute approximate surface area is 351 Å². The Bertz CT molecular complexity index is 1120. The van der Waals surface area contributed by atoms with Gasteiger partial charge in [-0.05, 0) is 83.1 Å². The summed E-state index contributed by atoms with van der Waals surface area (Å²) in [5.74, 6) is -0.650. The van der Waals surface area contributed by atoms with Gasteiger partial charge in [-0.15, -0.1) is 0 Å². The fourth-order valence-corrected chi connectivity index (χ4v) is 6.42. The van der Waals surface area contributed by atoms with Gasteiger partial charge in [-0.25, -0.2) is 0 Å². The number of allylic oxidation sites excluding steroid dienone is 13. The van der Waals surface area contributed by atoms with E-state index in [0.717, 1.165) is 83.5 Å². The van der Waals surface area contributed by atoms with Crippen molar-refractivity contribution >= 4 is 11.9 Å². The zero-order valence-corrected chi connectivity index (χ0v) is 36.9. The Morgan fingerprint density at radius 1 is 0.544 bits per heavy atom. The van der Waals surface area contributed by atoms with Gasteiger partial charge in [-0.3, -0.25) is 9.59 Å². The number of hydrogen-bond acceptors (Lipinski definition) is 5. The topological polar surface area (TPSA) is 95.9 Å². The van der Waals surface area contributed by atoms with E-state index in [-0.39, 0.29) is 24.9 Å². The van der Waals surface area contributed by atoms with Crippen molar-refractivity contribution in [1.29, 1.82) is 0 Å². The third-order valence-corrected chi connectivity index (χ3v) is 9.95. The third kappa shape index (κ3) is 39.6. The van der Waals surface area contributed by atoms with Gasteiger partial charge in [0.25, 0.3) is 0 Å². The van der Waals surface area contributed by atoms with Crippen molar-refractivity contribution in [2.45, 2.75) is 219 Å². The van der Waals surface area contributed by atoms with Crippen LogP contribution in [0.1, 0.15) is 201 Å². The van der Waals surface area contributed by atoms with Crippen LogP contribution in [0.2, 0.25) is 0 Å². The number of aliphatic hydroxyl groups excluding tert-OH is 2. The largest absolute Gasteiger partial charge is 0.458 e. The second-order valence-corrected chi connectivity index (χ2v) is 15.4. The smallest absolute Gasteiger partial charge is 0.306 e. The van der Waals surface area contributed by atoms with Crippen molar-refractivity contribution in [2.75, 3.05) is 6.61 Å². The zero-order valence-electron chi connectivity index (χ0n) is 36.9. The summed E-state index contributed by atoms with van der Waals surface area (Å²) in [6.07, 6.45) is 56.7. The molecular formula is C51H87NO5. The quantitative estimate of drug-likeness (QED) is 0.0326. The van der Waals surface area contributed by atoms with Crippen LogP contribution in [0.25, 0.3) is 0 Å². The molecule has 6 heteroatoms. The summed E-state index contributed by atoms with van der Waals surface area (Å²) >= 11 is 0. The van der Waals surface area contributed by atoms with Crippen molar-refractivity contribution in [3.63, 3.8) is 0 Å². The maximum atomic E-state index is 13.1. The Kier molecular flexibility index (Phi) is 41.9. The lowest BCUT2D eigenvalue weighted by Crippen LogP contribution is -2.46. The minimum absolute atomic E-state index is 0.0544. The molecule has 0 saturated carbocycles. The van der Waals surface area contributed by atoms with Crippen LogP contribution in [0.3, 0.4) is 0 Å². The van der Waals surface area contributed by atoms with E-state index in [2.05, 4.69) is 99.0 Å². The van der Waals surface area contributed by atoms with Gasteiger partial charge in [0.2, 0.25) is 5.91 Å². The minimum atomic E-state index is -0.822. The molecule has 0 aliphatic rings. The fraction of sp³-hybridized carbons (Fsp3) is 0.686. The number of amides is 1. The van der Waals surface area contributed by atoms with E-state index >= 15 is 0 Å². The van der Waals surface area contributed by atoms with E-state index in [9.17, 15) is 19.8 Å². The molecule has 3 unspecified atom stereocenters. The van der Waals surface area contributed by atoms with Crippen molar-refractivity contribution in [1.82, 2.24) is 5.32 Å². The molecule has 0 aromatic heterocycles. The van der Waals surface area contributed by atoms with Gasteiger partial charge in [0.05, 0.1) is 25.2 Å². The highest BCUT2D eigenvalue weighted by Gasteiger charge is 2.23. The summed E-state index contributed by atoms with van der Waals surface area (Å²) in [7, 11) is 0.